The van der Waals surface area contributed by atoms with Crippen LogP contribution in [0.4, 0.5) is 11.4 Å². The Kier molecular flexibility index (Phi) is 6.04. The normalized spacial score (nSPS) is 16.6. The van der Waals surface area contributed by atoms with Crippen molar-refractivity contribution in [3.63, 3.8) is 0 Å². The van der Waals surface area contributed by atoms with Crippen LogP contribution in [-0.4, -0.2) is 67.3 Å². The van der Waals surface area contributed by atoms with E-state index in [4.69, 9.17) is 0 Å². The first-order valence-corrected chi connectivity index (χ1v) is 10.8. The summed E-state index contributed by atoms with van der Waals surface area (Å²) < 4.78 is 0. The summed E-state index contributed by atoms with van der Waals surface area (Å²) >= 11 is 0. The lowest BCUT2D eigenvalue weighted by Gasteiger charge is -2.35. The van der Waals surface area contributed by atoms with E-state index in [2.05, 4.69) is 22.2 Å². The first-order chi connectivity index (χ1) is 15.0. The molecule has 2 aliphatic heterocycles. The van der Waals surface area contributed by atoms with Crippen LogP contribution in [0.2, 0.25) is 0 Å². The Hall–Kier alpha value is -3.19. The molecule has 2 aliphatic rings. The van der Waals surface area contributed by atoms with Gasteiger partial charge in [0.15, 0.2) is 0 Å². The van der Waals surface area contributed by atoms with E-state index in [1.807, 2.05) is 31.2 Å². The topological polar surface area (TPSA) is 73.0 Å². The van der Waals surface area contributed by atoms with Crippen molar-refractivity contribution in [2.24, 2.45) is 0 Å². The van der Waals surface area contributed by atoms with E-state index >= 15 is 0 Å². The summed E-state index contributed by atoms with van der Waals surface area (Å²) in [6.07, 6.45) is 1.66. The monoisotopic (exact) mass is 420 g/mol. The smallest absolute Gasteiger partial charge is 0.261 e. The number of anilines is 2. The predicted octanol–water partition coefficient (Wildman–Crippen LogP) is 3.09. The van der Waals surface area contributed by atoms with Gasteiger partial charge in [0.2, 0.25) is 0 Å². The molecule has 1 saturated heterocycles. The third-order valence-corrected chi connectivity index (χ3v) is 5.96. The van der Waals surface area contributed by atoms with Gasteiger partial charge in [0.1, 0.15) is 0 Å². The molecule has 1 N–H and O–H groups in total. The number of nitrogens with one attached hydrogen (secondary N) is 1. The molecule has 0 aliphatic carbocycles. The summed E-state index contributed by atoms with van der Waals surface area (Å²) in [5, 5.41) is 2.99. The van der Waals surface area contributed by atoms with Gasteiger partial charge in [0, 0.05) is 38.3 Å². The Morgan fingerprint density at radius 1 is 0.968 bits per heavy atom. The molecule has 1 fully saturated rings. The zero-order chi connectivity index (χ0) is 22.0. The Morgan fingerprint density at radius 3 is 2.42 bits per heavy atom. The van der Waals surface area contributed by atoms with Gasteiger partial charge < -0.3 is 15.1 Å². The highest BCUT2D eigenvalue weighted by atomic mass is 16.2. The highest BCUT2D eigenvalue weighted by molar-refractivity contribution is 6.22. The van der Waals surface area contributed by atoms with Crippen LogP contribution in [0.5, 0.6) is 0 Å². The molecule has 2 aromatic carbocycles. The number of benzene rings is 2. The Morgan fingerprint density at radius 2 is 1.68 bits per heavy atom. The largest absolute Gasteiger partial charge is 0.367 e. The van der Waals surface area contributed by atoms with Crippen LogP contribution in [0.15, 0.2) is 42.5 Å². The number of nitrogens with zero attached hydrogens (tertiary/aromatic N) is 3. The lowest BCUT2D eigenvalue weighted by molar-refractivity contribution is 0.0652. The van der Waals surface area contributed by atoms with E-state index in [-0.39, 0.29) is 17.7 Å². The van der Waals surface area contributed by atoms with Crippen molar-refractivity contribution in [1.82, 2.24) is 9.80 Å². The molecular weight excluding hydrogens is 392 g/mol. The van der Waals surface area contributed by atoms with E-state index in [1.165, 1.54) is 11.0 Å². The van der Waals surface area contributed by atoms with Crippen LogP contribution >= 0.6 is 0 Å². The maximum absolute atomic E-state index is 13.0. The van der Waals surface area contributed by atoms with Gasteiger partial charge in [-0.15, -0.1) is 0 Å². The number of fused-ring (bicyclic) bond motifs is 1. The maximum Gasteiger partial charge on any atom is 0.261 e. The quantitative estimate of drug-likeness (QED) is 0.727. The average Bonchev–Trinajstić information content (AvgIpc) is 3.02. The summed E-state index contributed by atoms with van der Waals surface area (Å²) in [6, 6.07) is 12.5. The van der Waals surface area contributed by atoms with Crippen LogP contribution in [-0.2, 0) is 0 Å². The van der Waals surface area contributed by atoms with Gasteiger partial charge in [-0.25, -0.2) is 0 Å². The van der Waals surface area contributed by atoms with Gasteiger partial charge in [0.25, 0.3) is 17.7 Å². The molecule has 0 spiro atoms. The number of unbranched alkanes of at least 4 members (excludes halogenated alkanes) is 1. The van der Waals surface area contributed by atoms with Crippen molar-refractivity contribution in [2.75, 3.05) is 50.0 Å². The van der Waals surface area contributed by atoms with Crippen molar-refractivity contribution >= 4 is 29.1 Å². The summed E-state index contributed by atoms with van der Waals surface area (Å²) in [5.74, 6) is -0.890. The third kappa shape index (κ3) is 4.18. The second-order valence-corrected chi connectivity index (χ2v) is 8.14. The number of likely N-dealkylation sites (N-methyl/N-ethyl adjacent to an activating group) is 1. The number of hydrogen-bond donors (Lipinski definition) is 1. The number of para-hydroxylation sites is 2. The van der Waals surface area contributed by atoms with Crippen LogP contribution < -0.4 is 10.2 Å². The average molecular weight is 421 g/mol. The minimum Gasteiger partial charge on any atom is -0.367 e. The molecule has 4 rings (SSSR count). The predicted molar refractivity (Wildman–Crippen MR) is 121 cm³/mol. The van der Waals surface area contributed by atoms with Crippen molar-refractivity contribution in [3.8, 4) is 0 Å². The number of carbonyl (C=O) groups excluding carboxylic acids is 3. The maximum atomic E-state index is 13.0. The molecule has 7 heteroatoms. The van der Waals surface area contributed by atoms with E-state index < -0.39 is 0 Å². The molecule has 3 amide bonds. The summed E-state index contributed by atoms with van der Waals surface area (Å²) in [7, 11) is 2.11. The first-order valence-electron chi connectivity index (χ1n) is 10.8. The van der Waals surface area contributed by atoms with Crippen molar-refractivity contribution in [1.29, 1.82) is 0 Å². The minimum atomic E-state index is -0.319. The van der Waals surface area contributed by atoms with Crippen LogP contribution in [0, 0.1) is 0 Å². The number of piperazine rings is 1. The lowest BCUT2D eigenvalue weighted by atomic mass is 10.1. The Labute approximate surface area is 182 Å². The lowest BCUT2D eigenvalue weighted by Crippen LogP contribution is -2.44. The molecule has 0 aromatic heterocycles. The van der Waals surface area contributed by atoms with E-state index in [9.17, 15) is 14.4 Å². The standard InChI is InChI=1S/C24H28N4O3/c1-3-4-11-28-23(30)18-10-9-17(16-19(18)24(28)31)22(29)25-20-7-5-6-8-21(20)27-14-12-26(2)13-15-27/h5-10,16H,3-4,11-15H2,1-2H3,(H,25,29). The number of amides is 3. The molecule has 0 bridgehead atoms. The molecule has 7 nitrogen and oxygen atoms in total. The molecule has 2 aromatic rings. The van der Waals surface area contributed by atoms with E-state index in [0.717, 1.165) is 50.4 Å². The summed E-state index contributed by atoms with van der Waals surface area (Å²) in [4.78, 5) is 44.0. The number of imide groups is 1. The van der Waals surface area contributed by atoms with Gasteiger partial charge in [0.05, 0.1) is 22.5 Å². The van der Waals surface area contributed by atoms with Crippen LogP contribution in [0.1, 0.15) is 50.8 Å². The zero-order valence-corrected chi connectivity index (χ0v) is 18.1. The molecule has 31 heavy (non-hydrogen) atoms. The van der Waals surface area contributed by atoms with Crippen LogP contribution in [0.25, 0.3) is 0 Å². The molecule has 2 heterocycles. The van der Waals surface area contributed by atoms with Gasteiger partial charge in [-0.3, -0.25) is 19.3 Å². The molecule has 0 saturated carbocycles. The second-order valence-electron chi connectivity index (χ2n) is 8.14. The van der Waals surface area contributed by atoms with E-state index in [1.54, 1.807) is 12.1 Å². The zero-order valence-electron chi connectivity index (χ0n) is 18.1. The fourth-order valence-corrected chi connectivity index (χ4v) is 4.05. The number of hydrogen-bond acceptors (Lipinski definition) is 5. The summed E-state index contributed by atoms with van der Waals surface area (Å²) in [6.45, 7) is 6.15. The van der Waals surface area contributed by atoms with Crippen molar-refractivity contribution < 1.29 is 14.4 Å². The fourth-order valence-electron chi connectivity index (χ4n) is 4.05. The van der Waals surface area contributed by atoms with Crippen LogP contribution in [0.3, 0.4) is 0 Å². The second kappa shape index (κ2) is 8.89. The Balaban J connectivity index is 1.53. The molecule has 162 valence electrons. The van der Waals surface area contributed by atoms with Gasteiger partial charge in [-0.2, -0.15) is 0 Å². The number of rotatable bonds is 6. The molecule has 0 radical (unpaired) electrons. The SMILES string of the molecule is CCCCN1C(=O)c2ccc(C(=O)Nc3ccccc3N3CCN(C)CC3)cc2C1=O. The van der Waals surface area contributed by atoms with E-state index in [0.29, 0.717) is 23.2 Å². The highest BCUT2D eigenvalue weighted by Crippen LogP contribution is 2.28. The molecule has 0 atom stereocenters. The highest BCUT2D eigenvalue weighted by Gasteiger charge is 2.35. The van der Waals surface area contributed by atoms with Crippen molar-refractivity contribution in [2.45, 2.75) is 19.8 Å². The van der Waals surface area contributed by atoms with Gasteiger partial charge in [-0.1, -0.05) is 25.5 Å². The van der Waals surface area contributed by atoms with Gasteiger partial charge in [-0.05, 0) is 43.8 Å². The fraction of sp³-hybridized carbons (Fsp3) is 0.375. The molecule has 0 unspecified atom stereocenters. The number of carbonyl (C=O) groups is 3. The third-order valence-electron chi connectivity index (χ3n) is 5.96. The molecular formula is C24H28N4O3. The first kappa shape index (κ1) is 21.1. The van der Waals surface area contributed by atoms with Crippen molar-refractivity contribution in [3.05, 3.63) is 59.2 Å². The van der Waals surface area contributed by atoms with Gasteiger partial charge >= 0.3 is 0 Å². The summed E-state index contributed by atoms with van der Waals surface area (Å²) in [5.41, 5.74) is 2.77. The minimum absolute atomic E-state index is 0.277. The Bertz CT molecular complexity index is 1010.